The lowest BCUT2D eigenvalue weighted by Gasteiger charge is -2.29. The minimum Gasteiger partial charge on any atom is -0.352 e. The van der Waals surface area contributed by atoms with Gasteiger partial charge in [0.1, 0.15) is 16.2 Å². The van der Waals surface area contributed by atoms with Crippen molar-refractivity contribution in [2.24, 2.45) is 5.92 Å². The van der Waals surface area contributed by atoms with Crippen LogP contribution in [0, 0.1) is 5.92 Å². The number of hydrogen-bond donors (Lipinski definition) is 1. The molecule has 27 heavy (non-hydrogen) atoms. The van der Waals surface area contributed by atoms with Crippen LogP contribution in [0.2, 0.25) is 0 Å². The van der Waals surface area contributed by atoms with Crippen LogP contribution >= 0.6 is 23.1 Å². The van der Waals surface area contributed by atoms with Crippen molar-refractivity contribution in [3.8, 4) is 10.4 Å². The third kappa shape index (κ3) is 4.33. The first-order valence-corrected chi connectivity index (χ1v) is 11.2. The van der Waals surface area contributed by atoms with Crippen LogP contribution in [0.5, 0.6) is 0 Å². The van der Waals surface area contributed by atoms with Gasteiger partial charge in [0.15, 0.2) is 0 Å². The highest BCUT2D eigenvalue weighted by atomic mass is 32.2. The van der Waals surface area contributed by atoms with Gasteiger partial charge in [-0.05, 0) is 30.4 Å². The second-order valence-corrected chi connectivity index (χ2v) is 9.09. The van der Waals surface area contributed by atoms with Crippen molar-refractivity contribution in [2.75, 3.05) is 5.75 Å². The molecule has 2 heterocycles. The number of fused-ring (bicyclic) bond motifs is 1. The van der Waals surface area contributed by atoms with Gasteiger partial charge in [-0.1, -0.05) is 61.9 Å². The Kier molecular flexibility index (Phi) is 5.74. The van der Waals surface area contributed by atoms with Gasteiger partial charge in [0.25, 0.3) is 0 Å². The minimum atomic E-state index is 0.101. The number of thioether (sulfide) groups is 1. The van der Waals surface area contributed by atoms with E-state index in [-0.39, 0.29) is 5.91 Å². The fourth-order valence-corrected chi connectivity index (χ4v) is 5.46. The van der Waals surface area contributed by atoms with Crippen LogP contribution in [0.25, 0.3) is 20.7 Å². The van der Waals surface area contributed by atoms with Crippen molar-refractivity contribution < 1.29 is 4.79 Å². The Balaban J connectivity index is 1.46. The molecule has 140 valence electrons. The lowest BCUT2D eigenvalue weighted by molar-refractivity contribution is -0.119. The van der Waals surface area contributed by atoms with E-state index in [2.05, 4.69) is 40.4 Å². The van der Waals surface area contributed by atoms with E-state index in [1.165, 1.54) is 41.5 Å². The Labute approximate surface area is 167 Å². The van der Waals surface area contributed by atoms with Gasteiger partial charge in [0.05, 0.1) is 5.75 Å². The Morgan fingerprint density at radius 2 is 2.04 bits per heavy atom. The second-order valence-electron chi connectivity index (χ2n) is 7.10. The number of nitrogens with zero attached hydrogens (tertiary/aromatic N) is 2. The smallest absolute Gasteiger partial charge is 0.230 e. The van der Waals surface area contributed by atoms with Gasteiger partial charge in [0, 0.05) is 16.3 Å². The Morgan fingerprint density at radius 1 is 1.22 bits per heavy atom. The molecule has 1 aliphatic carbocycles. The molecular weight excluding hydrogens is 374 g/mol. The molecule has 1 fully saturated rings. The normalized spacial score (nSPS) is 19.9. The molecule has 4 nitrogen and oxygen atoms in total. The van der Waals surface area contributed by atoms with E-state index < -0.39 is 0 Å². The summed E-state index contributed by atoms with van der Waals surface area (Å²) >= 11 is 3.16. The SMILES string of the molecule is C[C@H]1CCCC[C@H]1NC(=O)CSc1ncnc2sc(-c3ccccc3)cc12. The Hall–Kier alpha value is -1.92. The second kappa shape index (κ2) is 8.40. The van der Waals surface area contributed by atoms with Gasteiger partial charge in [-0.2, -0.15) is 0 Å². The van der Waals surface area contributed by atoms with Crippen molar-refractivity contribution in [3.63, 3.8) is 0 Å². The molecule has 4 rings (SSSR count). The topological polar surface area (TPSA) is 54.9 Å². The van der Waals surface area contributed by atoms with E-state index in [0.29, 0.717) is 17.7 Å². The van der Waals surface area contributed by atoms with Crippen LogP contribution in [0.4, 0.5) is 0 Å². The Morgan fingerprint density at radius 3 is 2.85 bits per heavy atom. The monoisotopic (exact) mass is 397 g/mol. The average Bonchev–Trinajstić information content (AvgIpc) is 3.14. The summed E-state index contributed by atoms with van der Waals surface area (Å²) in [7, 11) is 0. The van der Waals surface area contributed by atoms with Crippen molar-refractivity contribution in [1.29, 1.82) is 0 Å². The van der Waals surface area contributed by atoms with Crippen molar-refractivity contribution in [3.05, 3.63) is 42.7 Å². The molecule has 1 aliphatic rings. The number of carbonyl (C=O) groups excluding carboxylic acids is 1. The summed E-state index contributed by atoms with van der Waals surface area (Å²) in [6.07, 6.45) is 6.40. The van der Waals surface area contributed by atoms with Gasteiger partial charge in [-0.15, -0.1) is 11.3 Å². The van der Waals surface area contributed by atoms with Crippen molar-refractivity contribution in [1.82, 2.24) is 15.3 Å². The number of nitrogens with one attached hydrogen (secondary N) is 1. The lowest BCUT2D eigenvalue weighted by atomic mass is 9.86. The summed E-state index contributed by atoms with van der Waals surface area (Å²) in [6, 6.07) is 12.8. The number of hydrogen-bond acceptors (Lipinski definition) is 5. The maximum absolute atomic E-state index is 12.4. The summed E-state index contributed by atoms with van der Waals surface area (Å²) in [5.41, 5.74) is 1.18. The molecule has 3 aromatic rings. The van der Waals surface area contributed by atoms with E-state index in [1.807, 2.05) is 18.2 Å². The van der Waals surface area contributed by atoms with E-state index in [1.54, 1.807) is 17.7 Å². The molecule has 0 aliphatic heterocycles. The molecule has 6 heteroatoms. The van der Waals surface area contributed by atoms with E-state index >= 15 is 0 Å². The number of carbonyl (C=O) groups is 1. The van der Waals surface area contributed by atoms with E-state index in [4.69, 9.17) is 0 Å². The molecule has 0 spiro atoms. The van der Waals surface area contributed by atoms with E-state index in [0.717, 1.165) is 21.7 Å². The molecular formula is C21H23N3OS2. The first-order valence-electron chi connectivity index (χ1n) is 9.43. The maximum Gasteiger partial charge on any atom is 0.230 e. The summed E-state index contributed by atoms with van der Waals surface area (Å²) in [4.78, 5) is 23.4. The molecule has 0 radical (unpaired) electrons. The van der Waals surface area contributed by atoms with Gasteiger partial charge < -0.3 is 5.32 Å². The van der Waals surface area contributed by atoms with Crippen LogP contribution in [-0.4, -0.2) is 27.7 Å². The van der Waals surface area contributed by atoms with Crippen LogP contribution in [0.3, 0.4) is 0 Å². The first-order chi connectivity index (χ1) is 13.2. The predicted molar refractivity (Wildman–Crippen MR) is 113 cm³/mol. The highest BCUT2D eigenvalue weighted by Gasteiger charge is 2.23. The number of thiophene rings is 1. The molecule has 0 saturated heterocycles. The summed E-state index contributed by atoms with van der Waals surface area (Å²) in [6.45, 7) is 2.24. The van der Waals surface area contributed by atoms with E-state index in [9.17, 15) is 4.79 Å². The molecule has 0 bridgehead atoms. The molecule has 2 atom stereocenters. The third-order valence-electron chi connectivity index (χ3n) is 5.15. The predicted octanol–water partition coefficient (Wildman–Crippen LogP) is 5.15. The fraction of sp³-hybridized carbons (Fsp3) is 0.381. The largest absolute Gasteiger partial charge is 0.352 e. The third-order valence-corrected chi connectivity index (χ3v) is 7.25. The number of benzene rings is 1. The molecule has 0 unspecified atom stereocenters. The summed E-state index contributed by atoms with van der Waals surface area (Å²) < 4.78 is 0. The molecule has 2 aromatic heterocycles. The van der Waals surface area contributed by atoms with Gasteiger partial charge in [-0.3, -0.25) is 4.79 Å². The maximum atomic E-state index is 12.4. The highest BCUT2D eigenvalue weighted by Crippen LogP contribution is 2.36. The number of aromatic nitrogens is 2. The number of amides is 1. The Bertz CT molecular complexity index is 926. The summed E-state index contributed by atoms with van der Waals surface area (Å²) in [5, 5.41) is 5.13. The molecule has 1 aromatic carbocycles. The van der Waals surface area contributed by atoms with Gasteiger partial charge in [0.2, 0.25) is 5.91 Å². The van der Waals surface area contributed by atoms with Crippen LogP contribution in [0.15, 0.2) is 47.8 Å². The lowest BCUT2D eigenvalue weighted by Crippen LogP contribution is -2.41. The number of rotatable bonds is 5. The minimum absolute atomic E-state index is 0.101. The van der Waals surface area contributed by atoms with Crippen LogP contribution in [-0.2, 0) is 4.79 Å². The van der Waals surface area contributed by atoms with Gasteiger partial charge >= 0.3 is 0 Å². The highest BCUT2D eigenvalue weighted by molar-refractivity contribution is 8.00. The summed E-state index contributed by atoms with van der Waals surface area (Å²) in [5.74, 6) is 1.07. The zero-order valence-corrected chi connectivity index (χ0v) is 17.0. The molecule has 1 saturated carbocycles. The zero-order valence-electron chi connectivity index (χ0n) is 15.4. The van der Waals surface area contributed by atoms with Crippen LogP contribution < -0.4 is 5.32 Å². The van der Waals surface area contributed by atoms with Gasteiger partial charge in [-0.25, -0.2) is 9.97 Å². The zero-order chi connectivity index (χ0) is 18.6. The molecule has 1 N–H and O–H groups in total. The average molecular weight is 398 g/mol. The molecule has 1 amide bonds. The first kappa shape index (κ1) is 18.4. The quantitative estimate of drug-likeness (QED) is 0.478. The fourth-order valence-electron chi connectivity index (χ4n) is 3.61. The standard InChI is InChI=1S/C21H23N3OS2/c1-14-7-5-6-10-17(14)24-19(25)12-26-20-16-11-18(15-8-3-2-4-9-15)27-21(16)23-13-22-20/h2-4,8-9,11,13-14,17H,5-7,10,12H2,1H3,(H,24,25)/t14-,17+/m0/s1. The van der Waals surface area contributed by atoms with Crippen molar-refractivity contribution in [2.45, 2.75) is 43.7 Å². The van der Waals surface area contributed by atoms with Crippen LogP contribution in [0.1, 0.15) is 32.6 Å². The van der Waals surface area contributed by atoms with Crippen molar-refractivity contribution >= 4 is 39.2 Å².